The quantitative estimate of drug-likeness (QED) is 0.846. The van der Waals surface area contributed by atoms with Gasteiger partial charge < -0.3 is 4.90 Å². The SMILES string of the molecule is CCN(C(=O)c1cc(C(C)(C)C)nn1C)C(C)c1ccc(F)cc1. The number of halogens is 1. The molecule has 0 aliphatic heterocycles. The molecule has 0 aliphatic rings. The molecule has 0 saturated heterocycles. The second-order valence-corrected chi connectivity index (χ2v) is 7.11. The van der Waals surface area contributed by atoms with E-state index in [9.17, 15) is 9.18 Å². The minimum atomic E-state index is -0.276. The Hall–Kier alpha value is -2.17. The van der Waals surface area contributed by atoms with Crippen molar-refractivity contribution in [2.45, 2.75) is 46.1 Å². The van der Waals surface area contributed by atoms with Crippen LogP contribution in [0.15, 0.2) is 30.3 Å². The second-order valence-electron chi connectivity index (χ2n) is 7.11. The van der Waals surface area contributed by atoms with Crippen LogP contribution in [0.3, 0.4) is 0 Å². The van der Waals surface area contributed by atoms with E-state index in [0.29, 0.717) is 12.2 Å². The van der Waals surface area contributed by atoms with E-state index >= 15 is 0 Å². The fourth-order valence-corrected chi connectivity index (χ4v) is 2.70. The van der Waals surface area contributed by atoms with Gasteiger partial charge in [-0.2, -0.15) is 5.10 Å². The van der Waals surface area contributed by atoms with Crippen LogP contribution < -0.4 is 0 Å². The summed E-state index contributed by atoms with van der Waals surface area (Å²) in [5.74, 6) is -0.346. The van der Waals surface area contributed by atoms with E-state index < -0.39 is 0 Å². The summed E-state index contributed by atoms with van der Waals surface area (Å²) in [6.45, 7) is 10.7. The first-order chi connectivity index (χ1) is 11.1. The van der Waals surface area contributed by atoms with Gasteiger partial charge in [0.2, 0.25) is 0 Å². The molecule has 2 aromatic rings. The molecule has 1 heterocycles. The lowest BCUT2D eigenvalue weighted by atomic mass is 9.92. The fraction of sp³-hybridized carbons (Fsp3) is 0.474. The van der Waals surface area contributed by atoms with Crippen LogP contribution in [0.25, 0.3) is 0 Å². The topological polar surface area (TPSA) is 38.1 Å². The Morgan fingerprint density at radius 3 is 2.33 bits per heavy atom. The first-order valence-corrected chi connectivity index (χ1v) is 8.26. The zero-order valence-electron chi connectivity index (χ0n) is 15.3. The number of aryl methyl sites for hydroxylation is 1. The molecule has 0 bridgehead atoms. The molecular weight excluding hydrogens is 305 g/mol. The van der Waals surface area contributed by atoms with E-state index in [-0.39, 0.29) is 23.2 Å². The Morgan fingerprint density at radius 1 is 1.29 bits per heavy atom. The highest BCUT2D eigenvalue weighted by molar-refractivity contribution is 5.93. The van der Waals surface area contributed by atoms with E-state index in [1.165, 1.54) is 12.1 Å². The highest BCUT2D eigenvalue weighted by Gasteiger charge is 2.27. The Kier molecular flexibility index (Phi) is 5.11. The lowest BCUT2D eigenvalue weighted by Crippen LogP contribution is -2.34. The fourth-order valence-electron chi connectivity index (χ4n) is 2.70. The lowest BCUT2D eigenvalue weighted by Gasteiger charge is -2.28. The molecule has 0 spiro atoms. The van der Waals surface area contributed by atoms with Crippen molar-refractivity contribution < 1.29 is 9.18 Å². The zero-order valence-corrected chi connectivity index (χ0v) is 15.3. The monoisotopic (exact) mass is 331 g/mol. The minimum absolute atomic E-state index is 0.0696. The number of aromatic nitrogens is 2. The molecule has 1 amide bonds. The molecule has 5 heteroatoms. The predicted molar refractivity (Wildman–Crippen MR) is 93.4 cm³/mol. The second kappa shape index (κ2) is 6.75. The number of hydrogen-bond donors (Lipinski definition) is 0. The van der Waals surface area contributed by atoms with Crippen LogP contribution in [0.5, 0.6) is 0 Å². The molecule has 0 radical (unpaired) electrons. The van der Waals surface area contributed by atoms with Crippen LogP contribution in [0.4, 0.5) is 4.39 Å². The third-order valence-electron chi connectivity index (χ3n) is 4.29. The third kappa shape index (κ3) is 3.66. The van der Waals surface area contributed by atoms with E-state index in [4.69, 9.17) is 0 Å². The van der Waals surface area contributed by atoms with Gasteiger partial charge in [0, 0.05) is 19.0 Å². The van der Waals surface area contributed by atoms with Gasteiger partial charge in [-0.25, -0.2) is 4.39 Å². The summed E-state index contributed by atoms with van der Waals surface area (Å²) in [4.78, 5) is 14.8. The largest absolute Gasteiger partial charge is 0.331 e. The van der Waals surface area contributed by atoms with Gasteiger partial charge in [-0.3, -0.25) is 9.48 Å². The molecule has 24 heavy (non-hydrogen) atoms. The van der Waals surface area contributed by atoms with Gasteiger partial charge in [-0.1, -0.05) is 32.9 Å². The van der Waals surface area contributed by atoms with Crippen LogP contribution in [0.2, 0.25) is 0 Å². The minimum Gasteiger partial charge on any atom is -0.331 e. The van der Waals surface area contributed by atoms with Gasteiger partial charge in [0.1, 0.15) is 11.5 Å². The summed E-state index contributed by atoms with van der Waals surface area (Å²) < 4.78 is 14.8. The van der Waals surface area contributed by atoms with Crippen molar-refractivity contribution >= 4 is 5.91 Å². The van der Waals surface area contributed by atoms with E-state index in [1.807, 2.05) is 19.9 Å². The van der Waals surface area contributed by atoms with Crippen LogP contribution >= 0.6 is 0 Å². The third-order valence-corrected chi connectivity index (χ3v) is 4.29. The summed E-state index contributed by atoms with van der Waals surface area (Å²) >= 11 is 0. The maximum atomic E-state index is 13.1. The molecule has 1 atom stereocenters. The number of carbonyl (C=O) groups is 1. The van der Waals surface area contributed by atoms with Gasteiger partial charge in [-0.05, 0) is 37.6 Å². The predicted octanol–water partition coefficient (Wildman–Crippen LogP) is 4.08. The highest BCUT2D eigenvalue weighted by atomic mass is 19.1. The van der Waals surface area contributed by atoms with Crippen molar-refractivity contribution in [1.29, 1.82) is 0 Å². The van der Waals surface area contributed by atoms with Crippen LogP contribution in [-0.4, -0.2) is 27.1 Å². The molecule has 2 rings (SSSR count). The molecule has 0 aliphatic carbocycles. The maximum Gasteiger partial charge on any atom is 0.272 e. The number of hydrogen-bond acceptors (Lipinski definition) is 2. The Bertz CT molecular complexity index is 713. The summed E-state index contributed by atoms with van der Waals surface area (Å²) in [6.07, 6.45) is 0. The standard InChI is InChI=1S/C19H26FN3O/c1-7-23(13(2)14-8-10-15(20)11-9-14)18(24)16-12-17(19(3,4)5)21-22(16)6/h8-13H,7H2,1-6H3. The van der Waals surface area contributed by atoms with Crippen molar-refractivity contribution in [1.82, 2.24) is 14.7 Å². The maximum absolute atomic E-state index is 13.1. The summed E-state index contributed by atoms with van der Waals surface area (Å²) in [5.41, 5.74) is 2.25. The van der Waals surface area contributed by atoms with Crippen molar-refractivity contribution in [3.8, 4) is 0 Å². The summed E-state index contributed by atoms with van der Waals surface area (Å²) in [6, 6.07) is 8.01. The lowest BCUT2D eigenvalue weighted by molar-refractivity contribution is 0.0691. The van der Waals surface area contributed by atoms with Gasteiger partial charge in [-0.15, -0.1) is 0 Å². The Morgan fingerprint density at radius 2 is 1.88 bits per heavy atom. The average molecular weight is 331 g/mol. The van der Waals surface area contributed by atoms with Gasteiger partial charge >= 0.3 is 0 Å². The normalized spacial score (nSPS) is 13.0. The first kappa shape index (κ1) is 18.2. The smallest absolute Gasteiger partial charge is 0.272 e. The Labute approximate surface area is 143 Å². The molecule has 1 unspecified atom stereocenters. The van der Waals surface area contributed by atoms with Crippen molar-refractivity contribution in [3.05, 3.63) is 53.1 Å². The number of benzene rings is 1. The molecule has 0 saturated carbocycles. The van der Waals surface area contributed by atoms with E-state index in [2.05, 4.69) is 25.9 Å². The van der Waals surface area contributed by atoms with E-state index in [1.54, 1.807) is 28.8 Å². The van der Waals surface area contributed by atoms with Crippen LogP contribution in [0, 0.1) is 5.82 Å². The van der Waals surface area contributed by atoms with Gasteiger partial charge in [0.05, 0.1) is 11.7 Å². The molecular formula is C19H26FN3O. The molecule has 0 N–H and O–H groups in total. The summed E-state index contributed by atoms with van der Waals surface area (Å²) in [5, 5.41) is 4.48. The van der Waals surface area contributed by atoms with Crippen LogP contribution in [-0.2, 0) is 12.5 Å². The average Bonchev–Trinajstić information content (AvgIpc) is 2.90. The van der Waals surface area contributed by atoms with E-state index in [0.717, 1.165) is 11.3 Å². The zero-order chi connectivity index (χ0) is 18.1. The van der Waals surface area contributed by atoms with Gasteiger partial charge in [0.25, 0.3) is 5.91 Å². The van der Waals surface area contributed by atoms with Crippen molar-refractivity contribution in [2.24, 2.45) is 7.05 Å². The van der Waals surface area contributed by atoms with Crippen LogP contribution in [0.1, 0.15) is 62.4 Å². The molecule has 130 valence electrons. The van der Waals surface area contributed by atoms with Crippen molar-refractivity contribution in [3.63, 3.8) is 0 Å². The first-order valence-electron chi connectivity index (χ1n) is 8.26. The number of nitrogens with zero attached hydrogens (tertiary/aromatic N) is 3. The number of rotatable bonds is 4. The molecule has 0 fully saturated rings. The Balaban J connectivity index is 2.32. The number of amides is 1. The molecule has 1 aromatic heterocycles. The van der Waals surface area contributed by atoms with Crippen molar-refractivity contribution in [2.75, 3.05) is 6.54 Å². The molecule has 4 nitrogen and oxygen atoms in total. The highest BCUT2D eigenvalue weighted by Crippen LogP contribution is 2.25. The summed E-state index contributed by atoms with van der Waals surface area (Å²) in [7, 11) is 1.79. The number of carbonyl (C=O) groups excluding carboxylic acids is 1. The molecule has 1 aromatic carbocycles. The van der Waals surface area contributed by atoms with Gasteiger partial charge in [0.15, 0.2) is 0 Å².